The highest BCUT2D eigenvalue weighted by molar-refractivity contribution is 5.34. The SMILES string of the molecule is CCc1nc(N[C@@H](C)c2ncccc2C)ncc1C. The minimum absolute atomic E-state index is 0.0913. The second-order valence-corrected chi connectivity index (χ2v) is 4.75. The fourth-order valence-corrected chi connectivity index (χ4v) is 2.12. The van der Waals surface area contributed by atoms with Crippen LogP contribution < -0.4 is 5.32 Å². The zero-order valence-electron chi connectivity index (χ0n) is 11.9. The number of anilines is 1. The van der Waals surface area contributed by atoms with Crippen LogP contribution in [-0.2, 0) is 6.42 Å². The molecule has 0 radical (unpaired) electrons. The van der Waals surface area contributed by atoms with Crippen molar-refractivity contribution in [3.8, 4) is 0 Å². The number of hydrogen-bond acceptors (Lipinski definition) is 4. The molecule has 2 heterocycles. The van der Waals surface area contributed by atoms with Crippen molar-refractivity contribution in [1.29, 1.82) is 0 Å². The number of aryl methyl sites for hydroxylation is 3. The van der Waals surface area contributed by atoms with Gasteiger partial charge in [-0.3, -0.25) is 4.98 Å². The van der Waals surface area contributed by atoms with Crippen LogP contribution in [0.2, 0.25) is 0 Å². The largest absolute Gasteiger partial charge is 0.346 e. The van der Waals surface area contributed by atoms with Gasteiger partial charge in [-0.2, -0.15) is 0 Å². The monoisotopic (exact) mass is 256 g/mol. The van der Waals surface area contributed by atoms with Crippen molar-refractivity contribution in [2.75, 3.05) is 5.32 Å². The molecule has 100 valence electrons. The summed E-state index contributed by atoms with van der Waals surface area (Å²) in [6, 6.07) is 4.10. The van der Waals surface area contributed by atoms with Crippen molar-refractivity contribution in [3.05, 3.63) is 47.0 Å². The van der Waals surface area contributed by atoms with E-state index in [2.05, 4.69) is 47.1 Å². The first-order valence-corrected chi connectivity index (χ1v) is 6.62. The summed E-state index contributed by atoms with van der Waals surface area (Å²) >= 11 is 0. The van der Waals surface area contributed by atoms with Gasteiger partial charge in [0.15, 0.2) is 0 Å². The molecule has 2 aromatic heterocycles. The van der Waals surface area contributed by atoms with Crippen LogP contribution in [0, 0.1) is 13.8 Å². The topological polar surface area (TPSA) is 50.7 Å². The Bertz CT molecular complexity index is 566. The molecule has 0 saturated heterocycles. The van der Waals surface area contributed by atoms with Gasteiger partial charge >= 0.3 is 0 Å². The highest BCUT2D eigenvalue weighted by atomic mass is 15.1. The first kappa shape index (κ1) is 13.5. The summed E-state index contributed by atoms with van der Waals surface area (Å²) in [7, 11) is 0. The van der Waals surface area contributed by atoms with Crippen molar-refractivity contribution < 1.29 is 0 Å². The molecule has 0 saturated carbocycles. The molecule has 0 bridgehead atoms. The van der Waals surface area contributed by atoms with Crippen LogP contribution in [0.25, 0.3) is 0 Å². The van der Waals surface area contributed by atoms with E-state index in [0.717, 1.165) is 23.4 Å². The molecule has 4 nitrogen and oxygen atoms in total. The zero-order chi connectivity index (χ0) is 13.8. The van der Waals surface area contributed by atoms with Gasteiger partial charge in [0, 0.05) is 18.1 Å². The van der Waals surface area contributed by atoms with Crippen LogP contribution in [0.1, 0.15) is 42.4 Å². The van der Waals surface area contributed by atoms with Gasteiger partial charge in [0.05, 0.1) is 11.7 Å². The fourth-order valence-electron chi connectivity index (χ4n) is 2.12. The number of nitrogens with zero attached hydrogens (tertiary/aromatic N) is 3. The van der Waals surface area contributed by atoms with E-state index < -0.39 is 0 Å². The second-order valence-electron chi connectivity index (χ2n) is 4.75. The smallest absolute Gasteiger partial charge is 0.223 e. The van der Waals surface area contributed by atoms with Gasteiger partial charge in [-0.25, -0.2) is 9.97 Å². The molecular weight excluding hydrogens is 236 g/mol. The predicted octanol–water partition coefficient (Wildman–Crippen LogP) is 3.22. The van der Waals surface area contributed by atoms with Crippen LogP contribution in [0.5, 0.6) is 0 Å². The molecule has 0 aliphatic carbocycles. The molecule has 0 aliphatic heterocycles. The van der Waals surface area contributed by atoms with Crippen molar-refractivity contribution in [3.63, 3.8) is 0 Å². The maximum Gasteiger partial charge on any atom is 0.223 e. The Morgan fingerprint density at radius 1 is 1.21 bits per heavy atom. The minimum atomic E-state index is 0.0913. The number of hydrogen-bond donors (Lipinski definition) is 1. The quantitative estimate of drug-likeness (QED) is 0.912. The molecule has 1 N–H and O–H groups in total. The van der Waals surface area contributed by atoms with E-state index in [1.807, 2.05) is 25.4 Å². The van der Waals surface area contributed by atoms with Gasteiger partial charge in [0.1, 0.15) is 0 Å². The summed E-state index contributed by atoms with van der Waals surface area (Å²) in [5, 5.41) is 3.32. The van der Waals surface area contributed by atoms with E-state index in [9.17, 15) is 0 Å². The molecule has 0 amide bonds. The highest BCUT2D eigenvalue weighted by Gasteiger charge is 2.11. The van der Waals surface area contributed by atoms with Gasteiger partial charge in [0.2, 0.25) is 5.95 Å². The Balaban J connectivity index is 2.19. The Hall–Kier alpha value is -1.97. The lowest BCUT2D eigenvalue weighted by Crippen LogP contribution is -2.13. The summed E-state index contributed by atoms with van der Waals surface area (Å²) in [6.45, 7) is 8.28. The minimum Gasteiger partial charge on any atom is -0.346 e. The average Bonchev–Trinajstić information content (AvgIpc) is 2.41. The molecular formula is C15H20N4. The van der Waals surface area contributed by atoms with E-state index in [1.54, 1.807) is 0 Å². The van der Waals surface area contributed by atoms with Crippen LogP contribution >= 0.6 is 0 Å². The fraction of sp³-hybridized carbons (Fsp3) is 0.400. The van der Waals surface area contributed by atoms with Gasteiger partial charge < -0.3 is 5.32 Å². The van der Waals surface area contributed by atoms with Crippen molar-refractivity contribution >= 4 is 5.95 Å². The third kappa shape index (κ3) is 3.08. The van der Waals surface area contributed by atoms with E-state index in [4.69, 9.17) is 0 Å². The molecule has 2 aromatic rings. The van der Waals surface area contributed by atoms with Crippen LogP contribution in [0.15, 0.2) is 24.5 Å². The van der Waals surface area contributed by atoms with E-state index in [1.165, 1.54) is 5.56 Å². The first-order chi connectivity index (χ1) is 9.11. The molecule has 2 rings (SSSR count). The molecule has 0 spiro atoms. The summed E-state index contributed by atoms with van der Waals surface area (Å²) in [5.41, 5.74) is 4.42. The lowest BCUT2D eigenvalue weighted by molar-refractivity contribution is 0.805. The molecule has 4 heteroatoms. The molecule has 0 fully saturated rings. The first-order valence-electron chi connectivity index (χ1n) is 6.62. The maximum absolute atomic E-state index is 4.54. The standard InChI is InChI=1S/C15H20N4/c1-5-13-11(3)9-17-15(19-13)18-12(4)14-10(2)7-6-8-16-14/h6-9,12H,5H2,1-4H3,(H,17,18,19)/t12-/m0/s1. The summed E-state index contributed by atoms with van der Waals surface area (Å²) in [6.07, 6.45) is 4.60. The molecule has 0 aliphatic rings. The second kappa shape index (κ2) is 5.78. The van der Waals surface area contributed by atoms with E-state index in [-0.39, 0.29) is 6.04 Å². The summed E-state index contributed by atoms with van der Waals surface area (Å²) < 4.78 is 0. The van der Waals surface area contributed by atoms with Crippen molar-refractivity contribution in [2.24, 2.45) is 0 Å². The number of aromatic nitrogens is 3. The molecule has 19 heavy (non-hydrogen) atoms. The van der Waals surface area contributed by atoms with Crippen LogP contribution in [-0.4, -0.2) is 15.0 Å². The Kier molecular flexibility index (Phi) is 4.10. The zero-order valence-corrected chi connectivity index (χ0v) is 11.9. The average molecular weight is 256 g/mol. The van der Waals surface area contributed by atoms with Crippen molar-refractivity contribution in [1.82, 2.24) is 15.0 Å². The number of pyridine rings is 1. The molecule has 0 aromatic carbocycles. The van der Waals surface area contributed by atoms with Gasteiger partial charge in [-0.1, -0.05) is 13.0 Å². The number of rotatable bonds is 4. The lowest BCUT2D eigenvalue weighted by atomic mass is 10.1. The summed E-state index contributed by atoms with van der Waals surface area (Å²) in [4.78, 5) is 13.3. The van der Waals surface area contributed by atoms with Gasteiger partial charge in [-0.05, 0) is 44.4 Å². The number of nitrogens with one attached hydrogen (secondary N) is 1. The van der Waals surface area contributed by atoms with E-state index in [0.29, 0.717) is 5.95 Å². The highest BCUT2D eigenvalue weighted by Crippen LogP contribution is 2.18. The Labute approximate surface area is 114 Å². The van der Waals surface area contributed by atoms with E-state index >= 15 is 0 Å². The Morgan fingerprint density at radius 3 is 2.68 bits per heavy atom. The van der Waals surface area contributed by atoms with Crippen LogP contribution in [0.4, 0.5) is 5.95 Å². The van der Waals surface area contributed by atoms with Gasteiger partial charge in [-0.15, -0.1) is 0 Å². The van der Waals surface area contributed by atoms with Crippen LogP contribution in [0.3, 0.4) is 0 Å². The van der Waals surface area contributed by atoms with Crippen molar-refractivity contribution in [2.45, 2.75) is 40.2 Å². The normalized spacial score (nSPS) is 12.2. The lowest BCUT2D eigenvalue weighted by Gasteiger charge is -2.16. The third-order valence-electron chi connectivity index (χ3n) is 3.22. The molecule has 1 atom stereocenters. The molecule has 0 unspecified atom stereocenters. The predicted molar refractivity (Wildman–Crippen MR) is 77.2 cm³/mol. The maximum atomic E-state index is 4.54. The third-order valence-corrected chi connectivity index (χ3v) is 3.22. The van der Waals surface area contributed by atoms with Gasteiger partial charge in [0.25, 0.3) is 0 Å². The summed E-state index contributed by atoms with van der Waals surface area (Å²) in [5.74, 6) is 0.667. The Morgan fingerprint density at radius 2 is 2.00 bits per heavy atom.